The zero-order valence-corrected chi connectivity index (χ0v) is 11.1. The van der Waals surface area contributed by atoms with Gasteiger partial charge >= 0.3 is 0 Å². The number of aryl methyl sites for hydroxylation is 1. The van der Waals surface area contributed by atoms with Gasteiger partial charge in [-0.15, -0.1) is 0 Å². The number of aromatic nitrogens is 2. The first-order valence-electron chi connectivity index (χ1n) is 6.20. The van der Waals surface area contributed by atoms with Crippen LogP contribution in [0.3, 0.4) is 0 Å². The lowest BCUT2D eigenvalue weighted by Gasteiger charge is -2.06. The minimum atomic E-state index is 0.783. The Kier molecular flexibility index (Phi) is 2.12. The molecule has 4 rings (SSSR count). The predicted molar refractivity (Wildman–Crippen MR) is 80.9 cm³/mol. The van der Waals surface area contributed by atoms with E-state index in [9.17, 15) is 0 Å². The molecule has 0 saturated heterocycles. The first-order valence-corrected chi connectivity index (χ1v) is 6.58. The lowest BCUT2D eigenvalue weighted by atomic mass is 10.1. The molecular formula is C16H11ClN2. The minimum Gasteiger partial charge on any atom is -0.359 e. The summed E-state index contributed by atoms with van der Waals surface area (Å²) in [7, 11) is 0. The second kappa shape index (κ2) is 3.72. The second-order valence-corrected chi connectivity index (χ2v) is 5.19. The van der Waals surface area contributed by atoms with E-state index in [-0.39, 0.29) is 0 Å². The van der Waals surface area contributed by atoms with E-state index in [4.69, 9.17) is 16.6 Å². The molecule has 0 radical (unpaired) electrons. The molecule has 0 bridgehead atoms. The average molecular weight is 267 g/mol. The van der Waals surface area contributed by atoms with Crippen LogP contribution in [0.25, 0.3) is 32.7 Å². The number of fused-ring (bicyclic) bond motifs is 4. The Labute approximate surface area is 115 Å². The number of aromatic amines is 1. The molecule has 3 heteroatoms. The van der Waals surface area contributed by atoms with Crippen LogP contribution in [0.2, 0.25) is 5.02 Å². The summed E-state index contributed by atoms with van der Waals surface area (Å²) in [4.78, 5) is 8.04. The molecule has 0 fully saturated rings. The molecule has 2 aromatic carbocycles. The lowest BCUT2D eigenvalue weighted by molar-refractivity contribution is 1.30. The number of nitrogens with one attached hydrogen (secondary N) is 1. The van der Waals surface area contributed by atoms with Crippen LogP contribution in [0.5, 0.6) is 0 Å². The van der Waals surface area contributed by atoms with Crippen molar-refractivity contribution >= 4 is 44.3 Å². The summed E-state index contributed by atoms with van der Waals surface area (Å²) in [6.45, 7) is 2.05. The van der Waals surface area contributed by atoms with Crippen molar-refractivity contribution in [3.8, 4) is 0 Å². The van der Waals surface area contributed by atoms with Crippen LogP contribution in [0.4, 0.5) is 0 Å². The van der Waals surface area contributed by atoms with Crippen LogP contribution < -0.4 is 0 Å². The fourth-order valence-corrected chi connectivity index (χ4v) is 3.04. The van der Waals surface area contributed by atoms with Crippen molar-refractivity contribution in [2.24, 2.45) is 0 Å². The molecule has 0 aliphatic heterocycles. The van der Waals surface area contributed by atoms with Gasteiger partial charge < -0.3 is 4.98 Å². The predicted octanol–water partition coefficient (Wildman–Crippen LogP) is 4.83. The molecule has 1 N–H and O–H groups in total. The highest BCUT2D eigenvalue weighted by Crippen LogP contribution is 2.35. The standard InChI is InChI=1S/C16H11ClN2/c1-9-8-11-13(18-9)6-7-14-15(11)16(17)10-4-2-3-5-12(10)19-14/h2-8,18H,1H3. The fraction of sp³-hybridized carbons (Fsp3) is 0.0625. The summed E-state index contributed by atoms with van der Waals surface area (Å²) in [5, 5.41) is 3.95. The van der Waals surface area contributed by atoms with Crippen LogP contribution in [0, 0.1) is 6.92 Å². The van der Waals surface area contributed by atoms with E-state index in [1.807, 2.05) is 37.3 Å². The van der Waals surface area contributed by atoms with Gasteiger partial charge in [-0.2, -0.15) is 0 Å². The summed E-state index contributed by atoms with van der Waals surface area (Å²) >= 11 is 6.61. The van der Waals surface area contributed by atoms with Gasteiger partial charge in [0.2, 0.25) is 0 Å². The maximum absolute atomic E-state index is 6.61. The summed E-state index contributed by atoms with van der Waals surface area (Å²) in [5.41, 5.74) is 4.11. The van der Waals surface area contributed by atoms with Crippen molar-refractivity contribution in [3.05, 3.63) is 53.2 Å². The molecule has 0 atom stereocenters. The molecule has 19 heavy (non-hydrogen) atoms. The molecule has 2 aromatic heterocycles. The SMILES string of the molecule is Cc1cc2c(ccc3nc4ccccc4c(Cl)c32)[nH]1. The summed E-state index contributed by atoms with van der Waals surface area (Å²) in [5.74, 6) is 0. The van der Waals surface area contributed by atoms with Crippen LogP contribution in [0.1, 0.15) is 5.69 Å². The average Bonchev–Trinajstić information content (AvgIpc) is 2.79. The third-order valence-electron chi connectivity index (χ3n) is 3.52. The molecule has 0 aliphatic rings. The van der Waals surface area contributed by atoms with Gasteiger partial charge in [-0.25, -0.2) is 4.98 Å². The Balaban J connectivity index is 2.32. The van der Waals surface area contributed by atoms with Crippen LogP contribution in [-0.4, -0.2) is 9.97 Å². The number of H-pyrrole nitrogens is 1. The first kappa shape index (κ1) is 10.8. The number of para-hydroxylation sites is 1. The van der Waals surface area contributed by atoms with E-state index in [0.29, 0.717) is 0 Å². The molecule has 0 aliphatic carbocycles. The van der Waals surface area contributed by atoms with Crippen molar-refractivity contribution < 1.29 is 0 Å². The molecule has 92 valence electrons. The molecular weight excluding hydrogens is 256 g/mol. The zero-order chi connectivity index (χ0) is 13.0. The smallest absolute Gasteiger partial charge is 0.0732 e. The Hall–Kier alpha value is -2.06. The quantitative estimate of drug-likeness (QED) is 0.454. The van der Waals surface area contributed by atoms with Gasteiger partial charge in [0, 0.05) is 27.4 Å². The van der Waals surface area contributed by atoms with Gasteiger partial charge in [-0.3, -0.25) is 0 Å². The topological polar surface area (TPSA) is 28.7 Å². The molecule has 4 aromatic rings. The molecule has 0 saturated carbocycles. The monoisotopic (exact) mass is 266 g/mol. The number of rotatable bonds is 0. The highest BCUT2D eigenvalue weighted by molar-refractivity contribution is 6.42. The summed E-state index contributed by atoms with van der Waals surface area (Å²) < 4.78 is 0. The van der Waals surface area contributed by atoms with Gasteiger partial charge in [0.05, 0.1) is 16.1 Å². The van der Waals surface area contributed by atoms with Crippen LogP contribution >= 0.6 is 11.6 Å². The Morgan fingerprint density at radius 3 is 2.74 bits per heavy atom. The van der Waals surface area contributed by atoms with E-state index in [0.717, 1.165) is 43.4 Å². The van der Waals surface area contributed by atoms with E-state index >= 15 is 0 Å². The van der Waals surface area contributed by atoms with Crippen molar-refractivity contribution in [1.29, 1.82) is 0 Å². The van der Waals surface area contributed by atoms with E-state index in [1.54, 1.807) is 0 Å². The first-order chi connectivity index (χ1) is 9.24. The minimum absolute atomic E-state index is 0.783. The number of hydrogen-bond acceptors (Lipinski definition) is 1. The Morgan fingerprint density at radius 1 is 1.00 bits per heavy atom. The molecule has 0 amide bonds. The number of benzene rings is 2. The van der Waals surface area contributed by atoms with Gasteiger partial charge in [0.1, 0.15) is 0 Å². The molecule has 0 unspecified atom stereocenters. The highest BCUT2D eigenvalue weighted by Gasteiger charge is 2.11. The van der Waals surface area contributed by atoms with Crippen LogP contribution in [-0.2, 0) is 0 Å². The third kappa shape index (κ3) is 1.47. The van der Waals surface area contributed by atoms with E-state index in [1.165, 1.54) is 0 Å². The maximum Gasteiger partial charge on any atom is 0.0732 e. The lowest BCUT2D eigenvalue weighted by Crippen LogP contribution is -1.85. The molecule has 0 spiro atoms. The van der Waals surface area contributed by atoms with Crippen molar-refractivity contribution in [3.63, 3.8) is 0 Å². The maximum atomic E-state index is 6.61. The second-order valence-electron chi connectivity index (χ2n) is 4.82. The zero-order valence-electron chi connectivity index (χ0n) is 10.4. The third-order valence-corrected chi connectivity index (χ3v) is 3.91. The number of nitrogens with zero attached hydrogens (tertiary/aromatic N) is 1. The van der Waals surface area contributed by atoms with Crippen molar-refractivity contribution in [2.45, 2.75) is 6.92 Å². The van der Waals surface area contributed by atoms with Gasteiger partial charge in [-0.05, 0) is 31.2 Å². The fourth-order valence-electron chi connectivity index (χ4n) is 2.68. The molecule has 2 nitrogen and oxygen atoms in total. The summed E-state index contributed by atoms with van der Waals surface area (Å²) in [6.07, 6.45) is 0. The number of halogens is 1. The highest BCUT2D eigenvalue weighted by atomic mass is 35.5. The van der Waals surface area contributed by atoms with E-state index in [2.05, 4.69) is 17.1 Å². The molecule has 2 heterocycles. The van der Waals surface area contributed by atoms with Gasteiger partial charge in [0.25, 0.3) is 0 Å². The number of pyridine rings is 1. The van der Waals surface area contributed by atoms with Crippen LogP contribution in [0.15, 0.2) is 42.5 Å². The van der Waals surface area contributed by atoms with Gasteiger partial charge in [-0.1, -0.05) is 29.8 Å². The summed E-state index contributed by atoms with van der Waals surface area (Å²) in [6, 6.07) is 14.2. The van der Waals surface area contributed by atoms with E-state index < -0.39 is 0 Å². The van der Waals surface area contributed by atoms with Gasteiger partial charge in [0.15, 0.2) is 0 Å². The largest absolute Gasteiger partial charge is 0.359 e. The Bertz CT molecular complexity index is 938. The Morgan fingerprint density at radius 2 is 1.84 bits per heavy atom. The number of hydrogen-bond donors (Lipinski definition) is 1. The van der Waals surface area contributed by atoms with Crippen molar-refractivity contribution in [2.75, 3.05) is 0 Å². The normalized spacial score (nSPS) is 11.7. The van der Waals surface area contributed by atoms with Crippen molar-refractivity contribution in [1.82, 2.24) is 9.97 Å².